The maximum Gasteiger partial charge on any atom is 0.251 e. The molecule has 1 heterocycles. The number of nitrogen functional groups attached to an aromatic ring is 1. The Hall–Kier alpha value is -1.55. The Balaban J connectivity index is 1.80. The maximum atomic E-state index is 12.1. The molecule has 0 aliphatic carbocycles. The van der Waals surface area contributed by atoms with Crippen molar-refractivity contribution in [3.8, 4) is 0 Å². The highest BCUT2D eigenvalue weighted by Crippen LogP contribution is 2.13. The van der Waals surface area contributed by atoms with Gasteiger partial charge in [-0.25, -0.2) is 0 Å². The van der Waals surface area contributed by atoms with Gasteiger partial charge in [-0.3, -0.25) is 4.79 Å². The highest BCUT2D eigenvalue weighted by atomic mass is 16.1. The average Bonchev–Trinajstić information content (AvgIpc) is 2.92. The van der Waals surface area contributed by atoms with Crippen molar-refractivity contribution < 1.29 is 4.79 Å². The molecule has 4 heteroatoms. The highest BCUT2D eigenvalue weighted by Gasteiger charge is 2.15. The number of rotatable bonds is 5. The van der Waals surface area contributed by atoms with Crippen molar-refractivity contribution in [2.45, 2.75) is 26.7 Å². The minimum atomic E-state index is -0.0371. The Morgan fingerprint density at radius 2 is 2.10 bits per heavy atom. The molecule has 3 N–H and O–H groups in total. The number of benzene rings is 1. The second-order valence-corrected chi connectivity index (χ2v) is 5.89. The second-order valence-electron chi connectivity index (χ2n) is 5.89. The summed E-state index contributed by atoms with van der Waals surface area (Å²) in [4.78, 5) is 14.5. The molecular weight excluding hydrogens is 250 g/mol. The van der Waals surface area contributed by atoms with E-state index in [1.807, 2.05) is 19.1 Å². The van der Waals surface area contributed by atoms with E-state index in [4.69, 9.17) is 5.73 Å². The number of likely N-dealkylation sites (tertiary alicyclic amines) is 1. The molecule has 110 valence electrons. The lowest BCUT2D eigenvalue weighted by molar-refractivity contribution is 0.0945. The summed E-state index contributed by atoms with van der Waals surface area (Å²) in [6, 6.07) is 5.46. The van der Waals surface area contributed by atoms with Crippen LogP contribution in [0.25, 0.3) is 0 Å². The van der Waals surface area contributed by atoms with E-state index < -0.39 is 0 Å². The van der Waals surface area contributed by atoms with Gasteiger partial charge in [0.25, 0.3) is 5.91 Å². The Kier molecular flexibility index (Phi) is 5.01. The van der Waals surface area contributed by atoms with Gasteiger partial charge in [0.15, 0.2) is 0 Å². The van der Waals surface area contributed by atoms with Crippen LogP contribution in [0, 0.1) is 12.8 Å². The number of nitrogens with two attached hydrogens (primary N) is 1. The summed E-state index contributed by atoms with van der Waals surface area (Å²) in [6.07, 6.45) is 2.61. The van der Waals surface area contributed by atoms with Crippen LogP contribution in [0.15, 0.2) is 18.2 Å². The van der Waals surface area contributed by atoms with E-state index in [1.165, 1.54) is 25.9 Å². The van der Waals surface area contributed by atoms with Gasteiger partial charge in [0, 0.05) is 24.3 Å². The largest absolute Gasteiger partial charge is 0.398 e. The van der Waals surface area contributed by atoms with Crippen LogP contribution >= 0.6 is 0 Å². The topological polar surface area (TPSA) is 58.4 Å². The number of amides is 1. The molecular formula is C16H25N3O. The fourth-order valence-electron chi connectivity index (χ4n) is 2.62. The molecule has 1 aromatic carbocycles. The van der Waals surface area contributed by atoms with Crippen molar-refractivity contribution >= 4 is 11.6 Å². The van der Waals surface area contributed by atoms with Gasteiger partial charge < -0.3 is 16.0 Å². The fraction of sp³-hybridized carbons (Fsp3) is 0.562. The van der Waals surface area contributed by atoms with E-state index in [0.717, 1.165) is 12.1 Å². The first-order valence-electron chi connectivity index (χ1n) is 7.43. The van der Waals surface area contributed by atoms with Crippen molar-refractivity contribution in [3.05, 3.63) is 29.3 Å². The van der Waals surface area contributed by atoms with E-state index >= 15 is 0 Å². The molecule has 0 aromatic heterocycles. The SMILES string of the molecule is Cc1ccc(C(=O)NCC(C)CN2CCCC2)cc1N. The molecule has 1 fully saturated rings. The molecule has 1 amide bonds. The molecule has 1 aromatic rings. The van der Waals surface area contributed by atoms with Crippen molar-refractivity contribution in [2.24, 2.45) is 5.92 Å². The van der Waals surface area contributed by atoms with Gasteiger partial charge in [0.1, 0.15) is 0 Å². The number of carbonyl (C=O) groups excluding carboxylic acids is 1. The summed E-state index contributed by atoms with van der Waals surface area (Å²) in [6.45, 7) is 8.30. The smallest absolute Gasteiger partial charge is 0.251 e. The first-order valence-corrected chi connectivity index (χ1v) is 7.43. The number of nitrogens with one attached hydrogen (secondary N) is 1. The van der Waals surface area contributed by atoms with Crippen LogP contribution in [-0.2, 0) is 0 Å². The summed E-state index contributed by atoms with van der Waals surface area (Å²) in [7, 11) is 0. The van der Waals surface area contributed by atoms with E-state index in [-0.39, 0.29) is 5.91 Å². The summed E-state index contributed by atoms with van der Waals surface area (Å²) < 4.78 is 0. The van der Waals surface area contributed by atoms with Crippen LogP contribution in [0.5, 0.6) is 0 Å². The quantitative estimate of drug-likeness (QED) is 0.809. The molecule has 20 heavy (non-hydrogen) atoms. The molecule has 0 bridgehead atoms. The molecule has 2 rings (SSSR count). The maximum absolute atomic E-state index is 12.1. The molecule has 0 spiro atoms. The number of hydrogen-bond donors (Lipinski definition) is 2. The first-order chi connectivity index (χ1) is 9.56. The van der Waals surface area contributed by atoms with Crippen molar-refractivity contribution in [1.82, 2.24) is 10.2 Å². The number of anilines is 1. The Labute approximate surface area is 121 Å². The van der Waals surface area contributed by atoms with E-state index in [9.17, 15) is 4.79 Å². The van der Waals surface area contributed by atoms with E-state index in [1.54, 1.807) is 6.07 Å². The Bertz CT molecular complexity index is 467. The molecule has 1 unspecified atom stereocenters. The van der Waals surface area contributed by atoms with Gasteiger partial charge in [0.05, 0.1) is 0 Å². The lowest BCUT2D eigenvalue weighted by Crippen LogP contribution is -2.34. The normalized spacial score (nSPS) is 17.1. The van der Waals surface area contributed by atoms with E-state index in [0.29, 0.717) is 23.7 Å². The molecule has 4 nitrogen and oxygen atoms in total. The third-order valence-corrected chi connectivity index (χ3v) is 3.92. The Morgan fingerprint density at radius 1 is 1.40 bits per heavy atom. The predicted molar refractivity (Wildman–Crippen MR) is 82.8 cm³/mol. The fourth-order valence-corrected chi connectivity index (χ4v) is 2.62. The molecule has 0 radical (unpaired) electrons. The summed E-state index contributed by atoms with van der Waals surface area (Å²) in [5.41, 5.74) is 8.15. The summed E-state index contributed by atoms with van der Waals surface area (Å²) >= 11 is 0. The van der Waals surface area contributed by atoms with Crippen LogP contribution in [0.4, 0.5) is 5.69 Å². The van der Waals surface area contributed by atoms with Gasteiger partial charge in [-0.15, -0.1) is 0 Å². The lowest BCUT2D eigenvalue weighted by atomic mass is 10.1. The highest BCUT2D eigenvalue weighted by molar-refractivity contribution is 5.95. The predicted octanol–water partition coefficient (Wildman–Crippen LogP) is 2.04. The zero-order valence-corrected chi connectivity index (χ0v) is 12.5. The van der Waals surface area contributed by atoms with Crippen LogP contribution in [0.1, 0.15) is 35.7 Å². The van der Waals surface area contributed by atoms with Gasteiger partial charge in [-0.05, 0) is 56.5 Å². The molecule has 1 aliphatic heterocycles. The van der Waals surface area contributed by atoms with Crippen molar-refractivity contribution in [1.29, 1.82) is 0 Å². The zero-order valence-electron chi connectivity index (χ0n) is 12.5. The zero-order chi connectivity index (χ0) is 14.5. The lowest BCUT2D eigenvalue weighted by Gasteiger charge is -2.20. The van der Waals surface area contributed by atoms with Crippen LogP contribution in [0.2, 0.25) is 0 Å². The molecule has 1 atom stereocenters. The average molecular weight is 275 g/mol. The minimum absolute atomic E-state index is 0.0371. The Morgan fingerprint density at radius 3 is 2.75 bits per heavy atom. The van der Waals surface area contributed by atoms with Crippen LogP contribution in [-0.4, -0.2) is 37.0 Å². The number of aryl methyl sites for hydroxylation is 1. The van der Waals surface area contributed by atoms with Gasteiger partial charge in [-0.2, -0.15) is 0 Å². The molecule has 1 saturated heterocycles. The second kappa shape index (κ2) is 6.75. The van der Waals surface area contributed by atoms with Gasteiger partial charge in [-0.1, -0.05) is 13.0 Å². The van der Waals surface area contributed by atoms with Gasteiger partial charge >= 0.3 is 0 Å². The number of hydrogen-bond acceptors (Lipinski definition) is 3. The standard InChI is InChI=1S/C16H25N3O/c1-12(11-19-7-3-4-8-19)10-18-16(20)14-6-5-13(2)15(17)9-14/h5-6,9,12H,3-4,7-8,10-11,17H2,1-2H3,(H,18,20). The third-order valence-electron chi connectivity index (χ3n) is 3.92. The first kappa shape index (κ1) is 14.9. The molecule has 0 saturated carbocycles. The minimum Gasteiger partial charge on any atom is -0.398 e. The monoisotopic (exact) mass is 275 g/mol. The van der Waals surface area contributed by atoms with Crippen molar-refractivity contribution in [2.75, 3.05) is 31.9 Å². The van der Waals surface area contributed by atoms with Gasteiger partial charge in [0.2, 0.25) is 0 Å². The van der Waals surface area contributed by atoms with E-state index in [2.05, 4.69) is 17.1 Å². The number of nitrogens with zero attached hydrogens (tertiary/aromatic N) is 1. The summed E-state index contributed by atoms with van der Waals surface area (Å²) in [5.74, 6) is 0.435. The molecule has 1 aliphatic rings. The van der Waals surface area contributed by atoms with Crippen molar-refractivity contribution in [3.63, 3.8) is 0 Å². The summed E-state index contributed by atoms with van der Waals surface area (Å²) in [5, 5.41) is 3.00. The third kappa shape index (κ3) is 3.97. The van der Waals surface area contributed by atoms with Crippen LogP contribution in [0.3, 0.4) is 0 Å². The van der Waals surface area contributed by atoms with Crippen LogP contribution < -0.4 is 11.1 Å². The number of carbonyl (C=O) groups is 1.